The summed E-state index contributed by atoms with van der Waals surface area (Å²) in [5.74, 6) is 0. The molecule has 176 valence electrons. The Morgan fingerprint density at radius 1 is 0.700 bits per heavy atom. The highest BCUT2D eigenvalue weighted by Gasteiger charge is 2.17. The van der Waals surface area contributed by atoms with E-state index in [1.54, 1.807) is 0 Å². The van der Waals surface area contributed by atoms with Gasteiger partial charge in [0.25, 0.3) is 0 Å². The predicted molar refractivity (Wildman–Crippen MR) is 141 cm³/mol. The maximum atomic E-state index is 6.12. The summed E-state index contributed by atoms with van der Waals surface area (Å²) < 4.78 is 12.1. The van der Waals surface area contributed by atoms with Crippen molar-refractivity contribution < 1.29 is 8.85 Å². The number of allylic oxidation sites excluding steroid dienone is 6. The zero-order chi connectivity index (χ0) is 23.2. The molecular formula is C26H52O2Si2. The van der Waals surface area contributed by atoms with Gasteiger partial charge in [0.1, 0.15) is 0 Å². The SMILES string of the molecule is C/C(=C\CC/C(C)=C/CCC(C)O[Si](C)(C)C)CC/C=C(\C)CCCO[Si](C)(C)C. The molecule has 0 aliphatic heterocycles. The van der Waals surface area contributed by atoms with Gasteiger partial charge in [0, 0.05) is 12.7 Å². The van der Waals surface area contributed by atoms with Crippen LogP contribution in [0.15, 0.2) is 34.9 Å². The third kappa shape index (κ3) is 20.8. The lowest BCUT2D eigenvalue weighted by atomic mass is 10.0. The standard InChI is InChI=1S/C26H52O2Si2/c1-23(16-12-18-25(3)20-14-22-27-29(5,6)7)15-11-17-24(2)19-13-21-26(4)28-30(8,9)10/h15,18-19,26H,11-14,16-17,20-22H2,1-10H3/b23-15+,24-19+,25-18+. The lowest BCUT2D eigenvalue weighted by molar-refractivity contribution is 0.205. The van der Waals surface area contributed by atoms with Crippen molar-refractivity contribution in [2.24, 2.45) is 0 Å². The van der Waals surface area contributed by atoms with E-state index in [0.29, 0.717) is 6.10 Å². The third-order valence-corrected chi connectivity index (χ3v) is 7.11. The molecule has 30 heavy (non-hydrogen) atoms. The van der Waals surface area contributed by atoms with Crippen LogP contribution in [0, 0.1) is 0 Å². The lowest BCUT2D eigenvalue weighted by Gasteiger charge is -2.23. The molecule has 0 radical (unpaired) electrons. The van der Waals surface area contributed by atoms with Gasteiger partial charge in [0.05, 0.1) is 0 Å². The summed E-state index contributed by atoms with van der Waals surface area (Å²) in [6.45, 7) is 23.5. The maximum absolute atomic E-state index is 6.12. The summed E-state index contributed by atoms with van der Waals surface area (Å²) in [5, 5.41) is 0. The maximum Gasteiger partial charge on any atom is 0.184 e. The van der Waals surface area contributed by atoms with Gasteiger partial charge in [-0.3, -0.25) is 0 Å². The summed E-state index contributed by atoms with van der Waals surface area (Å²) >= 11 is 0. The summed E-state index contributed by atoms with van der Waals surface area (Å²) in [6.07, 6.45) is 16.9. The topological polar surface area (TPSA) is 18.5 Å². The third-order valence-electron chi connectivity index (χ3n) is 4.93. The van der Waals surface area contributed by atoms with Crippen molar-refractivity contribution in [1.29, 1.82) is 0 Å². The molecular weight excluding hydrogens is 400 g/mol. The van der Waals surface area contributed by atoms with Crippen LogP contribution in [0.25, 0.3) is 0 Å². The minimum absolute atomic E-state index is 0.382. The second-order valence-electron chi connectivity index (χ2n) is 10.9. The molecule has 1 atom stereocenters. The number of hydrogen-bond acceptors (Lipinski definition) is 2. The van der Waals surface area contributed by atoms with Gasteiger partial charge in [-0.05, 0) is 118 Å². The van der Waals surface area contributed by atoms with E-state index in [9.17, 15) is 0 Å². The largest absolute Gasteiger partial charge is 0.418 e. The fraction of sp³-hybridized carbons (Fsp3) is 0.769. The van der Waals surface area contributed by atoms with Gasteiger partial charge >= 0.3 is 0 Å². The Kier molecular flexibility index (Phi) is 15.2. The molecule has 0 aromatic carbocycles. The molecule has 0 aromatic rings. The van der Waals surface area contributed by atoms with Crippen molar-refractivity contribution in [3.63, 3.8) is 0 Å². The first kappa shape index (κ1) is 29.6. The first-order valence-corrected chi connectivity index (χ1v) is 18.9. The van der Waals surface area contributed by atoms with Crippen LogP contribution in [0.1, 0.15) is 79.1 Å². The monoisotopic (exact) mass is 452 g/mol. The molecule has 0 saturated heterocycles. The number of hydrogen-bond donors (Lipinski definition) is 0. The van der Waals surface area contributed by atoms with Crippen LogP contribution >= 0.6 is 0 Å². The van der Waals surface area contributed by atoms with E-state index in [1.807, 2.05) is 0 Å². The van der Waals surface area contributed by atoms with Crippen molar-refractivity contribution in [3.8, 4) is 0 Å². The smallest absolute Gasteiger partial charge is 0.184 e. The van der Waals surface area contributed by atoms with Crippen molar-refractivity contribution >= 4 is 16.6 Å². The molecule has 2 nitrogen and oxygen atoms in total. The van der Waals surface area contributed by atoms with E-state index >= 15 is 0 Å². The van der Waals surface area contributed by atoms with Gasteiger partial charge in [0.15, 0.2) is 16.6 Å². The molecule has 0 spiro atoms. The Morgan fingerprint density at radius 2 is 1.17 bits per heavy atom. The Balaban J connectivity index is 4.00. The van der Waals surface area contributed by atoms with Crippen molar-refractivity contribution in [2.45, 2.75) is 124 Å². The van der Waals surface area contributed by atoms with E-state index in [4.69, 9.17) is 8.85 Å². The van der Waals surface area contributed by atoms with Crippen LogP contribution < -0.4 is 0 Å². The van der Waals surface area contributed by atoms with Gasteiger partial charge in [0.2, 0.25) is 0 Å². The quantitative estimate of drug-likeness (QED) is 0.132. The molecule has 1 unspecified atom stereocenters. The van der Waals surface area contributed by atoms with Gasteiger partial charge in [-0.2, -0.15) is 0 Å². The van der Waals surface area contributed by atoms with E-state index in [1.165, 1.54) is 36.0 Å². The fourth-order valence-electron chi connectivity index (χ4n) is 3.35. The minimum atomic E-state index is -1.40. The molecule has 0 bridgehead atoms. The molecule has 0 aliphatic rings. The molecule has 0 aromatic heterocycles. The first-order valence-electron chi connectivity index (χ1n) is 12.1. The molecule has 0 saturated carbocycles. The van der Waals surface area contributed by atoms with E-state index in [2.05, 4.69) is 85.2 Å². The minimum Gasteiger partial charge on any atom is -0.418 e. The highest BCUT2D eigenvalue weighted by molar-refractivity contribution is 6.70. The second-order valence-corrected chi connectivity index (χ2v) is 19.9. The fourth-order valence-corrected chi connectivity index (χ4v) is 5.44. The van der Waals surface area contributed by atoms with Crippen LogP contribution in [0.3, 0.4) is 0 Å². The average molecular weight is 453 g/mol. The Labute approximate surface area is 191 Å². The molecule has 0 heterocycles. The van der Waals surface area contributed by atoms with Crippen molar-refractivity contribution in [1.82, 2.24) is 0 Å². The second kappa shape index (κ2) is 15.4. The summed E-state index contributed by atoms with van der Waals surface area (Å²) in [5.41, 5.74) is 4.54. The van der Waals surface area contributed by atoms with Gasteiger partial charge in [-0.25, -0.2) is 0 Å². The van der Waals surface area contributed by atoms with Gasteiger partial charge in [-0.15, -0.1) is 0 Å². The van der Waals surface area contributed by atoms with Crippen LogP contribution in [-0.4, -0.2) is 29.3 Å². The Hall–Kier alpha value is -0.426. The normalized spacial score (nSPS) is 15.6. The zero-order valence-corrected chi connectivity index (χ0v) is 24.0. The first-order chi connectivity index (χ1) is 13.8. The highest BCUT2D eigenvalue weighted by Crippen LogP contribution is 2.15. The molecule has 0 aliphatic carbocycles. The summed E-state index contributed by atoms with van der Waals surface area (Å²) in [6, 6.07) is 0. The van der Waals surface area contributed by atoms with Gasteiger partial charge < -0.3 is 8.85 Å². The molecule has 0 N–H and O–H groups in total. The predicted octanol–water partition coefficient (Wildman–Crippen LogP) is 9.04. The van der Waals surface area contributed by atoms with Crippen LogP contribution in [-0.2, 0) is 8.85 Å². The van der Waals surface area contributed by atoms with E-state index in [-0.39, 0.29) is 0 Å². The number of rotatable bonds is 16. The lowest BCUT2D eigenvalue weighted by Crippen LogP contribution is -2.30. The molecule has 0 amide bonds. The van der Waals surface area contributed by atoms with Crippen molar-refractivity contribution in [2.75, 3.05) is 6.61 Å². The van der Waals surface area contributed by atoms with Crippen molar-refractivity contribution in [3.05, 3.63) is 34.9 Å². The van der Waals surface area contributed by atoms with E-state index in [0.717, 1.165) is 38.7 Å². The van der Waals surface area contributed by atoms with Crippen LogP contribution in [0.4, 0.5) is 0 Å². The summed E-state index contributed by atoms with van der Waals surface area (Å²) in [7, 11) is -2.75. The highest BCUT2D eigenvalue weighted by atomic mass is 28.4. The molecule has 0 rings (SSSR count). The molecule has 0 fully saturated rings. The summed E-state index contributed by atoms with van der Waals surface area (Å²) in [4.78, 5) is 0. The van der Waals surface area contributed by atoms with Crippen LogP contribution in [0.5, 0.6) is 0 Å². The van der Waals surface area contributed by atoms with E-state index < -0.39 is 16.6 Å². The zero-order valence-electron chi connectivity index (χ0n) is 22.0. The average Bonchev–Trinajstić information content (AvgIpc) is 2.56. The molecule has 4 heteroatoms. The Bertz CT molecular complexity index is 548. The Morgan fingerprint density at radius 3 is 1.63 bits per heavy atom. The van der Waals surface area contributed by atoms with Gasteiger partial charge in [-0.1, -0.05) is 34.9 Å². The van der Waals surface area contributed by atoms with Crippen LogP contribution in [0.2, 0.25) is 39.3 Å².